The maximum Gasteiger partial charge on any atom is 0.241 e. The second-order valence-electron chi connectivity index (χ2n) is 6.56. The second kappa shape index (κ2) is 5.87. The predicted molar refractivity (Wildman–Crippen MR) is 90.2 cm³/mol. The fourth-order valence-corrected chi connectivity index (χ4v) is 4.40. The molecule has 0 radical (unpaired) electrons. The van der Waals surface area contributed by atoms with Crippen LogP contribution in [0.3, 0.4) is 0 Å². The molecular formula is C15H18ClFN4O2S. The number of hydrogen-bond donors (Lipinski definition) is 2. The lowest BCUT2D eigenvalue weighted by molar-refractivity contribution is 0.221. The Labute approximate surface area is 144 Å². The zero-order chi connectivity index (χ0) is 17.7. The van der Waals surface area contributed by atoms with E-state index in [4.69, 9.17) is 17.3 Å². The molecule has 1 aromatic heterocycles. The molecule has 3 rings (SSSR count). The number of alkyl halides is 1. The zero-order valence-electron chi connectivity index (χ0n) is 13.3. The molecule has 0 spiro atoms. The standard InChI is InChI=1S/C15H18ClFN4O2S/c1-15(2,17)7-19-24(22,23)12-5-9-8(3-4-11(9)18)14-10(12)6-13(16)20-21-14/h5-6,11,19H,3-4,7,18H2,1-2H3. The van der Waals surface area contributed by atoms with E-state index in [-0.39, 0.29) is 22.6 Å². The lowest BCUT2D eigenvalue weighted by atomic mass is 10.0. The van der Waals surface area contributed by atoms with Crippen molar-refractivity contribution in [1.82, 2.24) is 14.9 Å². The molecule has 130 valence electrons. The van der Waals surface area contributed by atoms with Crippen molar-refractivity contribution in [3.8, 4) is 0 Å². The topological polar surface area (TPSA) is 98.0 Å². The van der Waals surface area contributed by atoms with Crippen LogP contribution in [0.2, 0.25) is 5.15 Å². The van der Waals surface area contributed by atoms with Gasteiger partial charge in [0.25, 0.3) is 0 Å². The van der Waals surface area contributed by atoms with Gasteiger partial charge in [0.1, 0.15) is 5.67 Å². The number of nitrogens with two attached hydrogens (primary N) is 1. The average molecular weight is 373 g/mol. The lowest BCUT2D eigenvalue weighted by Gasteiger charge is -2.17. The smallest absolute Gasteiger partial charge is 0.241 e. The Morgan fingerprint density at radius 1 is 1.42 bits per heavy atom. The Morgan fingerprint density at radius 3 is 2.79 bits per heavy atom. The highest BCUT2D eigenvalue weighted by molar-refractivity contribution is 7.89. The van der Waals surface area contributed by atoms with Crippen molar-refractivity contribution in [1.29, 1.82) is 0 Å². The summed E-state index contributed by atoms with van der Waals surface area (Å²) in [5, 5.41) is 8.34. The van der Waals surface area contributed by atoms with Crippen molar-refractivity contribution in [2.24, 2.45) is 5.73 Å². The van der Waals surface area contributed by atoms with Gasteiger partial charge in [0.05, 0.1) is 10.4 Å². The van der Waals surface area contributed by atoms with Gasteiger partial charge in [0.15, 0.2) is 5.15 Å². The predicted octanol–water partition coefficient (Wildman–Crippen LogP) is 2.26. The molecule has 1 aliphatic rings. The molecule has 0 bridgehead atoms. The number of halogens is 2. The number of sulfonamides is 1. The third kappa shape index (κ3) is 3.23. The van der Waals surface area contributed by atoms with E-state index in [9.17, 15) is 12.8 Å². The van der Waals surface area contributed by atoms with Crippen molar-refractivity contribution in [2.45, 2.75) is 43.3 Å². The van der Waals surface area contributed by atoms with Crippen LogP contribution in [-0.2, 0) is 16.4 Å². The van der Waals surface area contributed by atoms with Gasteiger partial charge in [-0.05, 0) is 49.9 Å². The number of aryl methyl sites for hydroxylation is 1. The van der Waals surface area contributed by atoms with Gasteiger partial charge < -0.3 is 5.73 Å². The van der Waals surface area contributed by atoms with E-state index in [0.717, 1.165) is 11.1 Å². The second-order valence-corrected chi connectivity index (χ2v) is 8.68. The number of benzene rings is 1. The number of hydrogen-bond acceptors (Lipinski definition) is 5. The Balaban J connectivity index is 2.20. The van der Waals surface area contributed by atoms with Gasteiger partial charge in [0.2, 0.25) is 10.0 Å². The normalized spacial score (nSPS) is 18.1. The van der Waals surface area contributed by atoms with Crippen LogP contribution < -0.4 is 10.5 Å². The summed E-state index contributed by atoms with van der Waals surface area (Å²) in [4.78, 5) is -0.00495. The largest absolute Gasteiger partial charge is 0.324 e. The molecule has 1 heterocycles. The molecule has 0 amide bonds. The summed E-state index contributed by atoms with van der Waals surface area (Å²) in [5.74, 6) is 0. The van der Waals surface area contributed by atoms with Crippen molar-refractivity contribution in [2.75, 3.05) is 6.54 Å². The average Bonchev–Trinajstić information content (AvgIpc) is 2.85. The molecule has 1 unspecified atom stereocenters. The Morgan fingerprint density at radius 2 is 2.12 bits per heavy atom. The molecule has 0 saturated carbocycles. The summed E-state index contributed by atoms with van der Waals surface area (Å²) in [6, 6.07) is 2.75. The molecule has 0 fully saturated rings. The van der Waals surface area contributed by atoms with Gasteiger partial charge in [-0.15, -0.1) is 10.2 Å². The van der Waals surface area contributed by atoms with Crippen LogP contribution in [0.15, 0.2) is 17.0 Å². The first kappa shape index (κ1) is 17.5. The minimum Gasteiger partial charge on any atom is -0.324 e. The van der Waals surface area contributed by atoms with E-state index < -0.39 is 15.7 Å². The summed E-state index contributed by atoms with van der Waals surface area (Å²) >= 11 is 5.90. The minimum atomic E-state index is -3.95. The molecule has 3 N–H and O–H groups in total. The minimum absolute atomic E-state index is 0.00495. The van der Waals surface area contributed by atoms with E-state index in [1.807, 2.05) is 0 Å². The van der Waals surface area contributed by atoms with E-state index in [0.29, 0.717) is 23.7 Å². The monoisotopic (exact) mass is 372 g/mol. The molecule has 6 nitrogen and oxygen atoms in total. The number of nitrogens with one attached hydrogen (secondary N) is 1. The van der Waals surface area contributed by atoms with Gasteiger partial charge in [-0.3, -0.25) is 0 Å². The fourth-order valence-electron chi connectivity index (χ4n) is 2.84. The molecule has 2 aromatic rings. The SMILES string of the molecule is CC(C)(F)CNS(=O)(=O)c1cc2c(c3nnc(Cl)cc13)CCC2N. The Hall–Kier alpha value is -1.35. The molecule has 0 aliphatic heterocycles. The molecular weight excluding hydrogens is 355 g/mol. The third-order valence-electron chi connectivity index (χ3n) is 4.03. The molecule has 9 heteroatoms. The quantitative estimate of drug-likeness (QED) is 0.857. The Bertz CT molecular complexity index is 912. The maximum absolute atomic E-state index is 13.7. The summed E-state index contributed by atoms with van der Waals surface area (Å²) in [5.41, 5.74) is 6.51. The third-order valence-corrected chi connectivity index (χ3v) is 5.65. The molecule has 1 atom stereocenters. The first-order valence-corrected chi connectivity index (χ1v) is 9.37. The van der Waals surface area contributed by atoms with Gasteiger partial charge in [-0.2, -0.15) is 0 Å². The highest BCUT2D eigenvalue weighted by Gasteiger charge is 2.29. The lowest BCUT2D eigenvalue weighted by Crippen LogP contribution is -2.35. The first-order valence-electron chi connectivity index (χ1n) is 7.51. The van der Waals surface area contributed by atoms with Crippen LogP contribution >= 0.6 is 11.6 Å². The number of aromatic nitrogens is 2. The van der Waals surface area contributed by atoms with Crippen LogP contribution in [0, 0.1) is 0 Å². The van der Waals surface area contributed by atoms with E-state index in [1.54, 1.807) is 6.07 Å². The summed E-state index contributed by atoms with van der Waals surface area (Å²) in [6.07, 6.45) is 1.41. The van der Waals surface area contributed by atoms with Gasteiger partial charge in [0, 0.05) is 18.0 Å². The van der Waals surface area contributed by atoms with Crippen molar-refractivity contribution >= 4 is 32.5 Å². The van der Waals surface area contributed by atoms with Crippen molar-refractivity contribution in [3.05, 3.63) is 28.4 Å². The van der Waals surface area contributed by atoms with Gasteiger partial charge in [-0.25, -0.2) is 17.5 Å². The van der Waals surface area contributed by atoms with Crippen LogP contribution in [0.1, 0.15) is 37.4 Å². The fraction of sp³-hybridized carbons (Fsp3) is 0.467. The van der Waals surface area contributed by atoms with Crippen molar-refractivity contribution in [3.63, 3.8) is 0 Å². The zero-order valence-corrected chi connectivity index (χ0v) is 14.9. The van der Waals surface area contributed by atoms with Crippen LogP contribution in [0.4, 0.5) is 4.39 Å². The highest BCUT2D eigenvalue weighted by atomic mass is 35.5. The molecule has 1 aromatic carbocycles. The van der Waals surface area contributed by atoms with Crippen LogP contribution in [-0.4, -0.2) is 30.8 Å². The summed E-state index contributed by atoms with van der Waals surface area (Å²) < 4.78 is 41.4. The van der Waals surface area contributed by atoms with Crippen LogP contribution in [0.25, 0.3) is 10.9 Å². The van der Waals surface area contributed by atoms with E-state index >= 15 is 0 Å². The van der Waals surface area contributed by atoms with Gasteiger partial charge >= 0.3 is 0 Å². The van der Waals surface area contributed by atoms with E-state index in [2.05, 4.69) is 14.9 Å². The Kier molecular flexibility index (Phi) is 4.28. The van der Waals surface area contributed by atoms with Crippen molar-refractivity contribution < 1.29 is 12.8 Å². The summed E-state index contributed by atoms with van der Waals surface area (Å²) in [6.45, 7) is 2.26. The molecule has 0 saturated heterocycles. The van der Waals surface area contributed by atoms with E-state index in [1.165, 1.54) is 19.9 Å². The molecule has 1 aliphatic carbocycles. The number of nitrogens with zero attached hydrogens (tertiary/aromatic N) is 2. The first-order chi connectivity index (χ1) is 11.1. The summed E-state index contributed by atoms with van der Waals surface area (Å²) in [7, 11) is -3.95. The van der Waals surface area contributed by atoms with Gasteiger partial charge in [-0.1, -0.05) is 11.6 Å². The van der Waals surface area contributed by atoms with Crippen LogP contribution in [0.5, 0.6) is 0 Å². The highest BCUT2D eigenvalue weighted by Crippen LogP contribution is 2.37. The maximum atomic E-state index is 13.7. The number of rotatable bonds is 4. The molecule has 24 heavy (non-hydrogen) atoms. The number of fused-ring (bicyclic) bond motifs is 3.